The number of nitrogens with zero attached hydrogens (tertiary/aromatic N) is 1. The average Bonchev–Trinajstić information content (AvgIpc) is 2.04. The van der Waals surface area contributed by atoms with Gasteiger partial charge in [0.15, 0.2) is 0 Å². The van der Waals surface area contributed by atoms with Crippen molar-refractivity contribution in [2.45, 2.75) is 6.61 Å². The van der Waals surface area contributed by atoms with Gasteiger partial charge >= 0.3 is 5.69 Å². The van der Waals surface area contributed by atoms with Crippen molar-refractivity contribution in [3.8, 4) is 0 Å². The van der Waals surface area contributed by atoms with Gasteiger partial charge in [0.1, 0.15) is 5.82 Å². The minimum absolute atomic E-state index is 0.0625. The van der Waals surface area contributed by atoms with E-state index < -0.39 is 5.69 Å². The summed E-state index contributed by atoms with van der Waals surface area (Å²) in [7, 11) is 0. The van der Waals surface area contributed by atoms with Crippen molar-refractivity contribution in [2.24, 2.45) is 0 Å². The predicted molar refractivity (Wildman–Crippen MR) is 36.2 cm³/mol. The molecule has 6 heteroatoms. The standard InChI is InChI=1S/C5H7N3O3/c9-2-3-1-6-5(10)7-4(3)8-11/h1,9,11H,2H2,(H2,6,7,8,10). The van der Waals surface area contributed by atoms with E-state index >= 15 is 0 Å². The summed E-state index contributed by atoms with van der Waals surface area (Å²) in [5.74, 6) is 0.0625. The van der Waals surface area contributed by atoms with Gasteiger partial charge in [0.25, 0.3) is 0 Å². The maximum absolute atomic E-state index is 10.5. The lowest BCUT2D eigenvalue weighted by Crippen LogP contribution is -2.14. The van der Waals surface area contributed by atoms with Crippen molar-refractivity contribution in [2.75, 3.05) is 5.48 Å². The second-order valence-corrected chi connectivity index (χ2v) is 1.86. The predicted octanol–water partition coefficient (Wildman–Crippen LogP) is -0.937. The van der Waals surface area contributed by atoms with Gasteiger partial charge in [-0.2, -0.15) is 0 Å². The molecule has 0 saturated carbocycles. The summed E-state index contributed by atoms with van der Waals surface area (Å²) in [6, 6.07) is 0. The molecule has 0 bridgehead atoms. The number of aromatic nitrogens is 2. The van der Waals surface area contributed by atoms with Crippen LogP contribution in [0.25, 0.3) is 0 Å². The Morgan fingerprint density at radius 1 is 1.73 bits per heavy atom. The Kier molecular flexibility index (Phi) is 2.19. The fourth-order valence-corrected chi connectivity index (χ4v) is 0.640. The molecule has 0 aliphatic rings. The summed E-state index contributed by atoms with van der Waals surface area (Å²) in [5.41, 5.74) is 1.47. The fraction of sp³-hybridized carbons (Fsp3) is 0.200. The third kappa shape index (κ3) is 1.54. The normalized spacial score (nSPS) is 9.64. The number of aliphatic hydroxyl groups excluding tert-OH is 1. The summed E-state index contributed by atoms with van der Waals surface area (Å²) < 4.78 is 0. The summed E-state index contributed by atoms with van der Waals surface area (Å²) in [6.07, 6.45) is 1.18. The molecule has 0 fully saturated rings. The van der Waals surface area contributed by atoms with Gasteiger partial charge in [-0.3, -0.25) is 15.7 Å². The van der Waals surface area contributed by atoms with Gasteiger partial charge in [-0.1, -0.05) is 0 Å². The maximum atomic E-state index is 10.5. The van der Waals surface area contributed by atoms with Crippen molar-refractivity contribution in [3.05, 3.63) is 22.2 Å². The van der Waals surface area contributed by atoms with E-state index in [9.17, 15) is 4.79 Å². The number of aliphatic hydroxyl groups is 1. The summed E-state index contributed by atoms with van der Waals surface area (Å²) in [4.78, 5) is 16.0. The molecule has 11 heavy (non-hydrogen) atoms. The fourth-order valence-electron chi connectivity index (χ4n) is 0.640. The maximum Gasteiger partial charge on any atom is 0.346 e. The molecule has 0 radical (unpaired) electrons. The van der Waals surface area contributed by atoms with Crippen molar-refractivity contribution in [1.82, 2.24) is 9.97 Å². The highest BCUT2D eigenvalue weighted by Crippen LogP contribution is 2.05. The van der Waals surface area contributed by atoms with Crippen LogP contribution in [0.1, 0.15) is 5.56 Å². The van der Waals surface area contributed by atoms with Crippen LogP contribution >= 0.6 is 0 Å². The van der Waals surface area contributed by atoms with Crippen molar-refractivity contribution >= 4 is 5.82 Å². The summed E-state index contributed by atoms with van der Waals surface area (Å²) in [5, 5.41) is 17.0. The van der Waals surface area contributed by atoms with E-state index in [0.29, 0.717) is 5.56 Å². The van der Waals surface area contributed by atoms with Gasteiger partial charge in [0.05, 0.1) is 6.61 Å². The molecule has 0 amide bonds. The van der Waals surface area contributed by atoms with E-state index in [1.807, 2.05) is 0 Å². The van der Waals surface area contributed by atoms with Crippen LogP contribution in [0.15, 0.2) is 11.0 Å². The van der Waals surface area contributed by atoms with Crippen molar-refractivity contribution < 1.29 is 10.3 Å². The molecular formula is C5H7N3O3. The van der Waals surface area contributed by atoms with Crippen LogP contribution in [0.2, 0.25) is 0 Å². The highest BCUT2D eigenvalue weighted by atomic mass is 16.5. The van der Waals surface area contributed by atoms with Crippen LogP contribution in [-0.2, 0) is 6.61 Å². The largest absolute Gasteiger partial charge is 0.391 e. The Bertz CT molecular complexity index is 295. The molecule has 0 saturated heterocycles. The lowest BCUT2D eigenvalue weighted by Gasteiger charge is -2.01. The zero-order chi connectivity index (χ0) is 8.27. The molecule has 0 unspecified atom stereocenters. The summed E-state index contributed by atoms with van der Waals surface area (Å²) >= 11 is 0. The van der Waals surface area contributed by atoms with E-state index in [2.05, 4.69) is 9.97 Å². The van der Waals surface area contributed by atoms with E-state index in [1.165, 1.54) is 6.20 Å². The third-order valence-corrected chi connectivity index (χ3v) is 1.17. The monoisotopic (exact) mass is 157 g/mol. The Labute approximate surface area is 61.5 Å². The number of H-pyrrole nitrogens is 1. The second kappa shape index (κ2) is 3.13. The third-order valence-electron chi connectivity index (χ3n) is 1.17. The van der Waals surface area contributed by atoms with Crippen LogP contribution in [0.5, 0.6) is 0 Å². The lowest BCUT2D eigenvalue weighted by molar-refractivity contribution is 0.279. The van der Waals surface area contributed by atoms with Crippen molar-refractivity contribution in [3.63, 3.8) is 0 Å². The Morgan fingerprint density at radius 3 is 3.00 bits per heavy atom. The lowest BCUT2D eigenvalue weighted by atomic mass is 10.3. The molecule has 0 spiro atoms. The van der Waals surface area contributed by atoms with E-state index in [-0.39, 0.29) is 12.4 Å². The van der Waals surface area contributed by atoms with E-state index in [1.54, 1.807) is 5.48 Å². The Morgan fingerprint density at radius 2 is 2.45 bits per heavy atom. The molecule has 0 aliphatic heterocycles. The highest BCUT2D eigenvalue weighted by Gasteiger charge is 2.00. The van der Waals surface area contributed by atoms with E-state index in [0.717, 1.165) is 0 Å². The molecule has 1 rings (SSSR count). The van der Waals surface area contributed by atoms with E-state index in [4.69, 9.17) is 10.3 Å². The number of hydrogen-bond donors (Lipinski definition) is 4. The van der Waals surface area contributed by atoms with Gasteiger partial charge in [-0.05, 0) is 0 Å². The molecular weight excluding hydrogens is 150 g/mol. The Balaban J connectivity index is 3.16. The molecule has 1 aromatic rings. The molecule has 0 atom stereocenters. The topological polar surface area (TPSA) is 98.2 Å². The first-order valence-electron chi connectivity index (χ1n) is 2.87. The molecule has 0 aliphatic carbocycles. The first kappa shape index (κ1) is 7.70. The van der Waals surface area contributed by atoms with Crippen LogP contribution < -0.4 is 11.2 Å². The number of anilines is 1. The smallest absolute Gasteiger partial charge is 0.346 e. The minimum atomic E-state index is -0.584. The van der Waals surface area contributed by atoms with Crippen LogP contribution in [0.4, 0.5) is 5.82 Å². The van der Waals surface area contributed by atoms with Crippen LogP contribution in [0.3, 0.4) is 0 Å². The number of nitrogens with one attached hydrogen (secondary N) is 2. The van der Waals surface area contributed by atoms with Gasteiger partial charge in [-0.25, -0.2) is 9.78 Å². The molecule has 60 valence electrons. The van der Waals surface area contributed by atoms with Gasteiger partial charge in [0, 0.05) is 11.8 Å². The summed E-state index contributed by atoms with van der Waals surface area (Å²) in [6.45, 7) is -0.299. The number of rotatable bonds is 2. The quantitative estimate of drug-likeness (QED) is 0.415. The first-order chi connectivity index (χ1) is 5.27. The van der Waals surface area contributed by atoms with Crippen molar-refractivity contribution in [1.29, 1.82) is 0 Å². The Hall–Kier alpha value is -1.40. The SMILES string of the molecule is O=c1ncc(CO)c(NO)[nH]1. The minimum Gasteiger partial charge on any atom is -0.391 e. The molecule has 1 heterocycles. The van der Waals surface area contributed by atoms with Gasteiger partial charge < -0.3 is 5.11 Å². The number of aromatic amines is 1. The average molecular weight is 157 g/mol. The molecule has 6 nitrogen and oxygen atoms in total. The van der Waals surface area contributed by atoms with Crippen LogP contribution in [-0.4, -0.2) is 20.3 Å². The van der Waals surface area contributed by atoms with Gasteiger partial charge in [0.2, 0.25) is 0 Å². The highest BCUT2D eigenvalue weighted by molar-refractivity contribution is 5.38. The zero-order valence-electron chi connectivity index (χ0n) is 5.53. The number of hydrogen-bond acceptors (Lipinski definition) is 5. The van der Waals surface area contributed by atoms with Gasteiger partial charge in [-0.15, -0.1) is 0 Å². The molecule has 0 aromatic carbocycles. The second-order valence-electron chi connectivity index (χ2n) is 1.86. The molecule has 1 aromatic heterocycles. The zero-order valence-corrected chi connectivity index (χ0v) is 5.53. The molecule has 4 N–H and O–H groups in total. The van der Waals surface area contributed by atoms with Crippen LogP contribution in [0, 0.1) is 0 Å². The first-order valence-corrected chi connectivity index (χ1v) is 2.87.